The minimum absolute atomic E-state index is 0.0259. The number of primary amides is 1. The Labute approximate surface area is 76.6 Å². The number of carbonyl (C=O) groups is 1. The highest BCUT2D eigenvalue weighted by atomic mass is 16.2. The van der Waals surface area contributed by atoms with Crippen LogP contribution in [-0.2, 0) is 0 Å². The van der Waals surface area contributed by atoms with Crippen molar-refractivity contribution in [2.75, 3.05) is 5.73 Å². The Morgan fingerprint density at radius 3 is 2.93 bits per heavy atom. The van der Waals surface area contributed by atoms with Gasteiger partial charge >= 0.3 is 6.03 Å². The van der Waals surface area contributed by atoms with Crippen LogP contribution in [0.2, 0.25) is 0 Å². The van der Waals surface area contributed by atoms with Crippen molar-refractivity contribution in [3.8, 4) is 0 Å². The lowest BCUT2D eigenvalue weighted by Crippen LogP contribution is -2.20. The standard InChI is InChI=1S/C6H6N6O2/c7-5-10-3-2(4(13)11-5)9-1-12(3)6(8)14/h1H,(H2,8,14)(H3,7,10,11,13). The van der Waals surface area contributed by atoms with E-state index in [0.29, 0.717) is 0 Å². The van der Waals surface area contributed by atoms with Crippen LogP contribution in [0.5, 0.6) is 0 Å². The quantitative estimate of drug-likeness (QED) is 0.475. The highest BCUT2D eigenvalue weighted by Crippen LogP contribution is 2.04. The Balaban J connectivity index is 2.92. The van der Waals surface area contributed by atoms with Crippen LogP contribution < -0.4 is 17.0 Å². The van der Waals surface area contributed by atoms with Gasteiger partial charge in [-0.1, -0.05) is 0 Å². The molecule has 0 aromatic carbocycles. The normalized spacial score (nSPS) is 10.6. The van der Waals surface area contributed by atoms with Gasteiger partial charge in [0, 0.05) is 0 Å². The molecule has 0 fully saturated rings. The number of hydrogen-bond acceptors (Lipinski definition) is 5. The number of rotatable bonds is 0. The Morgan fingerprint density at radius 2 is 2.29 bits per heavy atom. The number of amides is 1. The molecule has 0 atom stereocenters. The van der Waals surface area contributed by atoms with E-state index in [1.54, 1.807) is 0 Å². The van der Waals surface area contributed by atoms with Crippen molar-refractivity contribution in [1.82, 2.24) is 19.5 Å². The van der Waals surface area contributed by atoms with Crippen molar-refractivity contribution in [3.63, 3.8) is 0 Å². The Morgan fingerprint density at radius 1 is 1.57 bits per heavy atom. The summed E-state index contributed by atoms with van der Waals surface area (Å²) in [7, 11) is 0. The minimum atomic E-state index is -0.773. The molecule has 0 aliphatic carbocycles. The number of fused-ring (bicyclic) bond motifs is 1. The summed E-state index contributed by atoms with van der Waals surface area (Å²) in [5, 5.41) is 0. The molecule has 2 aromatic rings. The van der Waals surface area contributed by atoms with E-state index in [2.05, 4.69) is 15.0 Å². The number of carbonyl (C=O) groups excluding carboxylic acids is 1. The van der Waals surface area contributed by atoms with E-state index in [4.69, 9.17) is 11.5 Å². The first-order valence-electron chi connectivity index (χ1n) is 3.62. The number of anilines is 1. The highest BCUT2D eigenvalue weighted by Gasteiger charge is 2.11. The fraction of sp³-hybridized carbons (Fsp3) is 0. The second kappa shape index (κ2) is 2.55. The first kappa shape index (κ1) is 8.23. The molecule has 1 amide bonds. The zero-order chi connectivity index (χ0) is 10.3. The van der Waals surface area contributed by atoms with Crippen molar-refractivity contribution in [3.05, 3.63) is 16.7 Å². The number of nitrogens with zero attached hydrogens (tertiary/aromatic N) is 3. The van der Waals surface area contributed by atoms with Crippen molar-refractivity contribution in [2.24, 2.45) is 5.73 Å². The molecule has 0 saturated heterocycles. The third-order valence-electron chi connectivity index (χ3n) is 1.66. The van der Waals surface area contributed by atoms with Gasteiger partial charge in [0.2, 0.25) is 5.95 Å². The summed E-state index contributed by atoms with van der Waals surface area (Å²) in [6.07, 6.45) is 1.12. The maximum absolute atomic E-state index is 11.2. The van der Waals surface area contributed by atoms with Gasteiger partial charge in [-0.3, -0.25) is 9.78 Å². The van der Waals surface area contributed by atoms with Crippen molar-refractivity contribution in [1.29, 1.82) is 0 Å². The molecule has 14 heavy (non-hydrogen) atoms. The SMILES string of the molecule is NC(=O)n1cnc2c(=O)[nH]c(N)nc21. The van der Waals surface area contributed by atoms with E-state index >= 15 is 0 Å². The minimum Gasteiger partial charge on any atom is -0.369 e. The molecule has 5 N–H and O–H groups in total. The summed E-state index contributed by atoms with van der Waals surface area (Å²) in [5.41, 5.74) is 9.88. The topological polar surface area (TPSA) is 133 Å². The van der Waals surface area contributed by atoms with E-state index in [-0.39, 0.29) is 17.1 Å². The molecule has 0 aliphatic heterocycles. The molecule has 0 saturated carbocycles. The fourth-order valence-electron chi connectivity index (χ4n) is 1.09. The monoisotopic (exact) mass is 194 g/mol. The molecular weight excluding hydrogens is 188 g/mol. The summed E-state index contributed by atoms with van der Waals surface area (Å²) >= 11 is 0. The first-order chi connectivity index (χ1) is 6.59. The summed E-state index contributed by atoms with van der Waals surface area (Å²) in [6, 6.07) is -0.773. The van der Waals surface area contributed by atoms with Crippen LogP contribution in [0.3, 0.4) is 0 Å². The average Bonchev–Trinajstić information content (AvgIpc) is 2.47. The van der Waals surface area contributed by atoms with Gasteiger partial charge in [-0.2, -0.15) is 4.98 Å². The fourth-order valence-corrected chi connectivity index (χ4v) is 1.09. The molecule has 2 heterocycles. The molecule has 8 nitrogen and oxygen atoms in total. The van der Waals surface area contributed by atoms with Gasteiger partial charge in [0.15, 0.2) is 11.2 Å². The average molecular weight is 194 g/mol. The van der Waals surface area contributed by atoms with Crippen LogP contribution in [0.25, 0.3) is 11.2 Å². The van der Waals surface area contributed by atoms with Gasteiger partial charge in [0.05, 0.1) is 0 Å². The molecule has 0 unspecified atom stereocenters. The van der Waals surface area contributed by atoms with Crippen LogP contribution in [-0.4, -0.2) is 25.6 Å². The molecule has 8 heteroatoms. The molecule has 72 valence electrons. The Kier molecular flexibility index (Phi) is 1.50. The second-order valence-corrected chi connectivity index (χ2v) is 2.58. The van der Waals surface area contributed by atoms with Crippen LogP contribution in [0, 0.1) is 0 Å². The maximum Gasteiger partial charge on any atom is 0.325 e. The first-order valence-corrected chi connectivity index (χ1v) is 3.62. The molecule has 2 rings (SSSR count). The number of hydrogen-bond donors (Lipinski definition) is 3. The van der Waals surface area contributed by atoms with E-state index < -0.39 is 11.6 Å². The Hall–Kier alpha value is -2.38. The largest absolute Gasteiger partial charge is 0.369 e. The number of nitrogens with two attached hydrogens (primary N) is 2. The van der Waals surface area contributed by atoms with E-state index in [0.717, 1.165) is 10.9 Å². The second-order valence-electron chi connectivity index (χ2n) is 2.58. The lowest BCUT2D eigenvalue weighted by molar-refractivity contribution is 0.251. The lowest BCUT2D eigenvalue weighted by atomic mass is 10.5. The van der Waals surface area contributed by atoms with Crippen LogP contribution in [0.15, 0.2) is 11.1 Å². The Bertz CT molecular complexity index is 567. The zero-order valence-electron chi connectivity index (χ0n) is 6.89. The van der Waals surface area contributed by atoms with Gasteiger partial charge < -0.3 is 11.5 Å². The molecule has 0 bridgehead atoms. The van der Waals surface area contributed by atoms with Gasteiger partial charge in [0.25, 0.3) is 5.56 Å². The number of nitrogens with one attached hydrogen (secondary N) is 1. The van der Waals surface area contributed by atoms with Gasteiger partial charge in [0.1, 0.15) is 6.33 Å². The van der Waals surface area contributed by atoms with E-state index in [1.807, 2.05) is 0 Å². The van der Waals surface area contributed by atoms with Crippen molar-refractivity contribution in [2.45, 2.75) is 0 Å². The number of nitrogen functional groups attached to an aromatic ring is 1. The summed E-state index contributed by atoms with van der Waals surface area (Å²) < 4.78 is 0.945. The number of aromatic amines is 1. The van der Waals surface area contributed by atoms with Gasteiger partial charge in [-0.15, -0.1) is 0 Å². The summed E-state index contributed by atoms with van der Waals surface area (Å²) in [5.74, 6) is -0.0921. The molecule has 2 aromatic heterocycles. The van der Waals surface area contributed by atoms with Gasteiger partial charge in [-0.25, -0.2) is 14.3 Å². The van der Waals surface area contributed by atoms with Crippen LogP contribution in [0.1, 0.15) is 0 Å². The molecular formula is C6H6N6O2. The van der Waals surface area contributed by atoms with E-state index in [9.17, 15) is 9.59 Å². The smallest absolute Gasteiger partial charge is 0.325 e. The molecule has 0 spiro atoms. The predicted molar refractivity (Wildman–Crippen MR) is 47.5 cm³/mol. The highest BCUT2D eigenvalue weighted by molar-refractivity contribution is 5.85. The number of imidazole rings is 1. The summed E-state index contributed by atoms with van der Waals surface area (Å²) in [6.45, 7) is 0. The molecule has 0 aliphatic rings. The third kappa shape index (κ3) is 1.01. The van der Waals surface area contributed by atoms with Crippen molar-refractivity contribution >= 4 is 23.1 Å². The van der Waals surface area contributed by atoms with Crippen molar-refractivity contribution < 1.29 is 4.79 Å². The predicted octanol–water partition coefficient (Wildman–Crippen LogP) is -1.37. The third-order valence-corrected chi connectivity index (χ3v) is 1.66. The maximum atomic E-state index is 11.2. The number of H-pyrrole nitrogens is 1. The van der Waals surface area contributed by atoms with Crippen LogP contribution >= 0.6 is 0 Å². The molecule has 0 radical (unpaired) electrons. The lowest BCUT2D eigenvalue weighted by Gasteiger charge is -1.96. The van der Waals surface area contributed by atoms with E-state index in [1.165, 1.54) is 0 Å². The number of aromatic nitrogens is 4. The zero-order valence-corrected chi connectivity index (χ0v) is 6.89. The summed E-state index contributed by atoms with van der Waals surface area (Å²) in [4.78, 5) is 31.8. The van der Waals surface area contributed by atoms with Crippen LogP contribution in [0.4, 0.5) is 10.7 Å². The van der Waals surface area contributed by atoms with Gasteiger partial charge in [-0.05, 0) is 0 Å².